The van der Waals surface area contributed by atoms with Crippen LogP contribution in [0.2, 0.25) is 0 Å². The number of para-hydroxylation sites is 1. The van der Waals surface area contributed by atoms with Crippen LogP contribution >= 0.6 is 0 Å². The molecule has 1 fully saturated rings. The number of amides is 1. The summed E-state index contributed by atoms with van der Waals surface area (Å²) in [6.45, 7) is 1.98. The third-order valence-electron chi connectivity index (χ3n) is 7.65. The highest BCUT2D eigenvalue weighted by molar-refractivity contribution is 5.97. The molecule has 0 unspecified atom stereocenters. The maximum absolute atomic E-state index is 13.7. The van der Waals surface area contributed by atoms with E-state index in [1.165, 1.54) is 17.7 Å². The summed E-state index contributed by atoms with van der Waals surface area (Å²) in [4.78, 5) is 15.5. The van der Waals surface area contributed by atoms with E-state index in [-0.39, 0.29) is 23.5 Å². The van der Waals surface area contributed by atoms with E-state index in [4.69, 9.17) is 9.47 Å². The van der Waals surface area contributed by atoms with E-state index in [1.54, 1.807) is 26.4 Å². The molecule has 1 aliphatic heterocycles. The Morgan fingerprint density at radius 1 is 1.00 bits per heavy atom. The van der Waals surface area contributed by atoms with Gasteiger partial charge in [0.15, 0.2) is 0 Å². The molecule has 5 rings (SSSR count). The maximum Gasteiger partial charge on any atom is 0.255 e. The van der Waals surface area contributed by atoms with E-state index in [0.717, 1.165) is 37.6 Å². The first-order valence-corrected chi connectivity index (χ1v) is 12.2. The average Bonchev–Trinajstić information content (AvgIpc) is 3.13. The van der Waals surface area contributed by atoms with Crippen molar-refractivity contribution in [2.24, 2.45) is 0 Å². The number of fused-ring (bicyclic) bond motifs is 2. The Labute approximate surface area is 210 Å². The quantitative estimate of drug-likeness (QED) is 0.526. The zero-order valence-electron chi connectivity index (χ0n) is 20.5. The molecule has 0 bridgehead atoms. The first kappa shape index (κ1) is 24.4. The van der Waals surface area contributed by atoms with Gasteiger partial charge in [0.1, 0.15) is 17.4 Å². The summed E-state index contributed by atoms with van der Waals surface area (Å²) in [7, 11) is 3.25. The Morgan fingerprint density at radius 3 is 2.36 bits per heavy atom. The molecule has 2 aliphatic rings. The third kappa shape index (κ3) is 4.38. The molecular formula is C29H30F2N2O3. The molecule has 2 atom stereocenters. The summed E-state index contributed by atoms with van der Waals surface area (Å²) >= 11 is 0. The highest BCUT2D eigenvalue weighted by Gasteiger charge is 2.54. The van der Waals surface area contributed by atoms with Crippen LogP contribution in [0.1, 0.15) is 45.9 Å². The predicted octanol–water partition coefficient (Wildman–Crippen LogP) is 5.01. The summed E-state index contributed by atoms with van der Waals surface area (Å²) in [5.74, 6) is -0.809. The Balaban J connectivity index is 1.39. The van der Waals surface area contributed by atoms with Crippen LogP contribution in [0.4, 0.5) is 8.78 Å². The molecule has 0 saturated carbocycles. The second-order valence-electron chi connectivity index (χ2n) is 9.60. The lowest BCUT2D eigenvalue weighted by molar-refractivity contribution is -0.0122. The molecule has 3 aromatic rings. The molecule has 188 valence electrons. The van der Waals surface area contributed by atoms with Crippen LogP contribution in [0.5, 0.6) is 5.75 Å². The van der Waals surface area contributed by atoms with Gasteiger partial charge < -0.3 is 14.8 Å². The Kier molecular flexibility index (Phi) is 6.77. The van der Waals surface area contributed by atoms with Gasteiger partial charge in [-0.3, -0.25) is 9.69 Å². The fourth-order valence-corrected chi connectivity index (χ4v) is 6.05. The van der Waals surface area contributed by atoms with E-state index < -0.39 is 11.6 Å². The van der Waals surface area contributed by atoms with Gasteiger partial charge in [0.05, 0.1) is 24.8 Å². The van der Waals surface area contributed by atoms with Gasteiger partial charge in [-0.15, -0.1) is 0 Å². The number of nitrogens with one attached hydrogen (secondary N) is 1. The SMILES string of the molecule is COc1ccccc1C(=O)N[C@@H]1c2ccccc2C2(CCN(Cc3cc(F)cc(F)c3)CC2)[C@H]1OC. The van der Waals surface area contributed by atoms with Gasteiger partial charge in [0.2, 0.25) is 0 Å². The van der Waals surface area contributed by atoms with Crippen LogP contribution in [-0.4, -0.2) is 44.2 Å². The summed E-state index contributed by atoms with van der Waals surface area (Å²) in [6, 6.07) is 18.7. The fraction of sp³-hybridized carbons (Fsp3) is 0.345. The van der Waals surface area contributed by atoms with Crippen LogP contribution in [0.25, 0.3) is 0 Å². The number of halogens is 2. The minimum Gasteiger partial charge on any atom is -0.496 e. The van der Waals surface area contributed by atoms with E-state index in [2.05, 4.69) is 22.3 Å². The number of hydrogen-bond acceptors (Lipinski definition) is 4. The molecule has 1 spiro atoms. The van der Waals surface area contributed by atoms with Gasteiger partial charge in [0, 0.05) is 25.1 Å². The highest BCUT2D eigenvalue weighted by Crippen LogP contribution is 2.52. The number of carbonyl (C=O) groups is 1. The van der Waals surface area contributed by atoms with Gasteiger partial charge in [-0.05, 0) is 66.9 Å². The highest BCUT2D eigenvalue weighted by atomic mass is 19.1. The lowest BCUT2D eigenvalue weighted by atomic mass is 9.71. The molecule has 1 N–H and O–H groups in total. The lowest BCUT2D eigenvalue weighted by Gasteiger charge is -2.44. The number of benzene rings is 3. The predicted molar refractivity (Wildman–Crippen MR) is 133 cm³/mol. The number of carbonyl (C=O) groups excluding carboxylic acids is 1. The number of rotatable bonds is 6. The van der Waals surface area contributed by atoms with Gasteiger partial charge >= 0.3 is 0 Å². The first-order valence-electron chi connectivity index (χ1n) is 12.2. The largest absolute Gasteiger partial charge is 0.496 e. The average molecular weight is 493 g/mol. The smallest absolute Gasteiger partial charge is 0.255 e. The molecule has 0 radical (unpaired) electrons. The maximum atomic E-state index is 13.7. The van der Waals surface area contributed by atoms with Crippen molar-refractivity contribution in [3.05, 3.63) is 101 Å². The van der Waals surface area contributed by atoms with Crippen LogP contribution in [0.3, 0.4) is 0 Å². The van der Waals surface area contributed by atoms with Gasteiger partial charge in [-0.25, -0.2) is 8.78 Å². The normalized spacial score (nSPS) is 20.8. The third-order valence-corrected chi connectivity index (χ3v) is 7.65. The topological polar surface area (TPSA) is 50.8 Å². The summed E-state index contributed by atoms with van der Waals surface area (Å²) in [5.41, 5.74) is 3.09. The van der Waals surface area contributed by atoms with Crippen LogP contribution in [-0.2, 0) is 16.7 Å². The second kappa shape index (κ2) is 9.99. The summed E-state index contributed by atoms with van der Waals surface area (Å²) in [6.07, 6.45) is 1.37. The van der Waals surface area contributed by atoms with Crippen molar-refractivity contribution in [2.75, 3.05) is 27.3 Å². The van der Waals surface area contributed by atoms with Crippen LogP contribution < -0.4 is 10.1 Å². The number of ether oxygens (including phenoxy) is 2. The van der Waals surface area contributed by atoms with E-state index in [1.807, 2.05) is 24.3 Å². The number of hydrogen-bond donors (Lipinski definition) is 1. The minimum atomic E-state index is -0.559. The van der Waals surface area contributed by atoms with Crippen molar-refractivity contribution < 1.29 is 23.0 Å². The van der Waals surface area contributed by atoms with Crippen molar-refractivity contribution in [1.82, 2.24) is 10.2 Å². The number of likely N-dealkylation sites (tertiary alicyclic amines) is 1. The molecule has 1 saturated heterocycles. The zero-order chi connectivity index (χ0) is 25.3. The second-order valence-corrected chi connectivity index (χ2v) is 9.60. The van der Waals surface area contributed by atoms with E-state index in [0.29, 0.717) is 23.4 Å². The molecule has 1 aliphatic carbocycles. The Hall–Kier alpha value is -3.29. The standard InChI is InChI=1S/C29H30F2N2O3/c1-35-25-10-6-4-8-23(25)28(34)32-26-22-7-3-5-9-24(22)29(27(26)36-2)11-13-33(14-12-29)18-19-15-20(30)17-21(31)16-19/h3-10,15-17,26-27H,11-14,18H2,1-2H3,(H,32,34)/t26-,27+/m1/s1. The minimum absolute atomic E-state index is 0.211. The van der Waals surface area contributed by atoms with E-state index >= 15 is 0 Å². The van der Waals surface area contributed by atoms with Gasteiger partial charge in [-0.2, -0.15) is 0 Å². The number of methoxy groups -OCH3 is 2. The molecule has 1 heterocycles. The Bertz CT molecular complexity index is 1240. The van der Waals surface area contributed by atoms with Gasteiger partial charge in [0.25, 0.3) is 5.91 Å². The molecular weight excluding hydrogens is 462 g/mol. The summed E-state index contributed by atoms with van der Waals surface area (Å²) in [5, 5.41) is 3.22. The zero-order valence-corrected chi connectivity index (χ0v) is 20.5. The lowest BCUT2D eigenvalue weighted by Crippen LogP contribution is -2.50. The van der Waals surface area contributed by atoms with Crippen molar-refractivity contribution in [1.29, 1.82) is 0 Å². The van der Waals surface area contributed by atoms with Crippen molar-refractivity contribution in [3.8, 4) is 5.75 Å². The fourth-order valence-electron chi connectivity index (χ4n) is 6.05. The number of piperidine rings is 1. The molecule has 7 heteroatoms. The molecule has 0 aromatic heterocycles. The Morgan fingerprint density at radius 2 is 1.67 bits per heavy atom. The monoisotopic (exact) mass is 492 g/mol. The molecule has 36 heavy (non-hydrogen) atoms. The van der Waals surface area contributed by atoms with Crippen molar-refractivity contribution in [3.63, 3.8) is 0 Å². The summed E-state index contributed by atoms with van der Waals surface area (Å²) < 4.78 is 38.9. The van der Waals surface area contributed by atoms with Gasteiger partial charge in [-0.1, -0.05) is 36.4 Å². The van der Waals surface area contributed by atoms with Crippen molar-refractivity contribution >= 4 is 5.91 Å². The number of nitrogens with zero attached hydrogens (tertiary/aromatic N) is 1. The van der Waals surface area contributed by atoms with Crippen molar-refractivity contribution in [2.45, 2.75) is 36.9 Å². The van der Waals surface area contributed by atoms with Crippen LogP contribution in [0.15, 0.2) is 66.7 Å². The molecule has 5 nitrogen and oxygen atoms in total. The first-order chi connectivity index (χ1) is 17.4. The van der Waals surface area contributed by atoms with E-state index in [9.17, 15) is 13.6 Å². The molecule has 1 amide bonds. The molecule has 3 aromatic carbocycles. The van der Waals surface area contributed by atoms with Crippen LogP contribution in [0, 0.1) is 11.6 Å².